The van der Waals surface area contributed by atoms with Crippen molar-refractivity contribution in [3.63, 3.8) is 0 Å². The first kappa shape index (κ1) is 9.50. The highest BCUT2D eigenvalue weighted by Gasteiger charge is 2.15. The molecule has 12 heavy (non-hydrogen) atoms. The van der Waals surface area contributed by atoms with Crippen molar-refractivity contribution in [3.05, 3.63) is 11.1 Å². The SMILES string of the molecule is CC(=O)C(C)CCC(C)=C1CC1. The fourth-order valence-electron chi connectivity index (χ4n) is 1.30. The van der Waals surface area contributed by atoms with Crippen molar-refractivity contribution >= 4 is 5.78 Å². The van der Waals surface area contributed by atoms with Gasteiger partial charge in [-0.3, -0.25) is 4.79 Å². The molecule has 0 radical (unpaired) electrons. The van der Waals surface area contributed by atoms with Crippen molar-refractivity contribution in [2.75, 3.05) is 0 Å². The number of carbonyl (C=O) groups is 1. The number of hydrogen-bond acceptors (Lipinski definition) is 1. The van der Waals surface area contributed by atoms with E-state index < -0.39 is 0 Å². The summed E-state index contributed by atoms with van der Waals surface area (Å²) in [6.07, 6.45) is 4.77. The van der Waals surface area contributed by atoms with Crippen LogP contribution in [0.1, 0.15) is 46.5 Å². The maximum absolute atomic E-state index is 10.9. The molecular formula is C11H18O. The van der Waals surface area contributed by atoms with Crippen molar-refractivity contribution in [1.29, 1.82) is 0 Å². The van der Waals surface area contributed by atoms with Crippen LogP contribution in [0.3, 0.4) is 0 Å². The second kappa shape index (κ2) is 3.88. The van der Waals surface area contributed by atoms with Crippen LogP contribution < -0.4 is 0 Å². The average Bonchev–Trinajstić information content (AvgIpc) is 2.81. The first-order valence-corrected chi connectivity index (χ1v) is 4.79. The molecule has 0 aromatic carbocycles. The molecule has 1 atom stereocenters. The molecule has 1 heteroatoms. The summed E-state index contributed by atoms with van der Waals surface area (Å²) in [6, 6.07) is 0. The fraction of sp³-hybridized carbons (Fsp3) is 0.727. The number of allylic oxidation sites excluding steroid dienone is 2. The molecule has 1 nitrogen and oxygen atoms in total. The molecule has 1 aliphatic carbocycles. The van der Waals surface area contributed by atoms with Gasteiger partial charge in [0.05, 0.1) is 0 Å². The zero-order chi connectivity index (χ0) is 9.14. The van der Waals surface area contributed by atoms with Crippen LogP contribution in [0.15, 0.2) is 11.1 Å². The Labute approximate surface area is 74.9 Å². The number of carbonyl (C=O) groups excluding carboxylic acids is 1. The van der Waals surface area contributed by atoms with Gasteiger partial charge in [-0.1, -0.05) is 18.1 Å². The Balaban J connectivity index is 2.25. The summed E-state index contributed by atoms with van der Waals surface area (Å²) in [5, 5.41) is 0. The van der Waals surface area contributed by atoms with Gasteiger partial charge in [0.2, 0.25) is 0 Å². The Morgan fingerprint density at radius 3 is 2.42 bits per heavy atom. The number of ketones is 1. The highest BCUT2D eigenvalue weighted by Crippen LogP contribution is 2.33. The zero-order valence-electron chi connectivity index (χ0n) is 8.31. The van der Waals surface area contributed by atoms with E-state index in [4.69, 9.17) is 0 Å². The van der Waals surface area contributed by atoms with Gasteiger partial charge in [0.25, 0.3) is 0 Å². The molecule has 0 heterocycles. The van der Waals surface area contributed by atoms with Crippen LogP contribution in [0.5, 0.6) is 0 Å². The topological polar surface area (TPSA) is 17.1 Å². The van der Waals surface area contributed by atoms with E-state index in [-0.39, 0.29) is 5.92 Å². The van der Waals surface area contributed by atoms with Gasteiger partial charge in [0.15, 0.2) is 0 Å². The molecule has 0 aromatic heterocycles. The zero-order valence-corrected chi connectivity index (χ0v) is 8.31. The minimum atomic E-state index is 0.249. The van der Waals surface area contributed by atoms with Gasteiger partial charge in [-0.15, -0.1) is 0 Å². The second-order valence-corrected chi connectivity index (χ2v) is 3.93. The highest BCUT2D eigenvalue weighted by atomic mass is 16.1. The number of hydrogen-bond donors (Lipinski definition) is 0. The maximum Gasteiger partial charge on any atom is 0.132 e. The molecule has 0 spiro atoms. The van der Waals surface area contributed by atoms with Crippen molar-refractivity contribution < 1.29 is 4.79 Å². The molecule has 0 aliphatic heterocycles. The lowest BCUT2D eigenvalue weighted by atomic mass is 9.98. The van der Waals surface area contributed by atoms with Crippen molar-refractivity contribution in [2.45, 2.75) is 46.5 Å². The Morgan fingerprint density at radius 2 is 2.00 bits per heavy atom. The molecule has 0 saturated heterocycles. The summed E-state index contributed by atoms with van der Waals surface area (Å²) >= 11 is 0. The van der Waals surface area contributed by atoms with Crippen molar-refractivity contribution in [3.8, 4) is 0 Å². The molecule has 0 bridgehead atoms. The Morgan fingerprint density at radius 1 is 1.42 bits per heavy atom. The summed E-state index contributed by atoms with van der Waals surface area (Å²) < 4.78 is 0. The number of rotatable bonds is 4. The lowest BCUT2D eigenvalue weighted by Gasteiger charge is -2.06. The van der Waals surface area contributed by atoms with Crippen LogP contribution in [0.4, 0.5) is 0 Å². The third-order valence-electron chi connectivity index (χ3n) is 2.75. The Bertz CT molecular complexity index is 207. The first-order valence-electron chi connectivity index (χ1n) is 4.79. The molecule has 1 rings (SSSR count). The van der Waals surface area contributed by atoms with Gasteiger partial charge in [-0.25, -0.2) is 0 Å². The summed E-state index contributed by atoms with van der Waals surface area (Å²) in [5.41, 5.74) is 3.16. The maximum atomic E-state index is 10.9. The van der Waals surface area contributed by atoms with Crippen molar-refractivity contribution in [2.24, 2.45) is 5.92 Å². The molecule has 0 aromatic rings. The van der Waals surface area contributed by atoms with E-state index in [1.165, 1.54) is 18.4 Å². The predicted octanol–water partition coefficient (Wildman–Crippen LogP) is 3.10. The van der Waals surface area contributed by atoms with Crippen LogP contribution in [0.2, 0.25) is 0 Å². The lowest BCUT2D eigenvalue weighted by molar-refractivity contribution is -0.120. The quantitative estimate of drug-likeness (QED) is 0.586. The molecule has 1 aliphatic rings. The van der Waals surface area contributed by atoms with Crippen LogP contribution in [-0.2, 0) is 4.79 Å². The monoisotopic (exact) mass is 166 g/mol. The summed E-state index contributed by atoms with van der Waals surface area (Å²) in [7, 11) is 0. The van der Waals surface area contributed by atoms with Gasteiger partial charge in [-0.2, -0.15) is 0 Å². The first-order chi connectivity index (χ1) is 5.61. The van der Waals surface area contributed by atoms with Crippen LogP contribution in [0.25, 0.3) is 0 Å². The largest absolute Gasteiger partial charge is 0.300 e. The van der Waals surface area contributed by atoms with Crippen LogP contribution in [0, 0.1) is 5.92 Å². The van der Waals surface area contributed by atoms with E-state index in [9.17, 15) is 4.79 Å². The van der Waals surface area contributed by atoms with E-state index in [1.54, 1.807) is 12.5 Å². The highest BCUT2D eigenvalue weighted by molar-refractivity contribution is 5.77. The minimum Gasteiger partial charge on any atom is -0.300 e. The van der Waals surface area contributed by atoms with Crippen LogP contribution in [-0.4, -0.2) is 5.78 Å². The normalized spacial score (nSPS) is 17.4. The van der Waals surface area contributed by atoms with Gasteiger partial charge >= 0.3 is 0 Å². The minimum absolute atomic E-state index is 0.249. The Kier molecular flexibility index (Phi) is 3.07. The van der Waals surface area contributed by atoms with Gasteiger partial charge < -0.3 is 0 Å². The van der Waals surface area contributed by atoms with Crippen LogP contribution >= 0.6 is 0 Å². The van der Waals surface area contributed by atoms with Gasteiger partial charge in [-0.05, 0) is 39.5 Å². The summed E-state index contributed by atoms with van der Waals surface area (Å²) in [5.74, 6) is 0.572. The number of Topliss-reactive ketones (excluding diaryl/α,β-unsaturated/α-hetero) is 1. The molecule has 1 saturated carbocycles. The smallest absolute Gasteiger partial charge is 0.132 e. The fourth-order valence-corrected chi connectivity index (χ4v) is 1.30. The lowest BCUT2D eigenvalue weighted by Crippen LogP contribution is -2.05. The average molecular weight is 166 g/mol. The summed E-state index contributed by atoms with van der Waals surface area (Å²) in [6.45, 7) is 5.91. The third-order valence-corrected chi connectivity index (χ3v) is 2.75. The van der Waals surface area contributed by atoms with Gasteiger partial charge in [0.1, 0.15) is 5.78 Å². The van der Waals surface area contributed by atoms with E-state index in [0.717, 1.165) is 12.8 Å². The van der Waals surface area contributed by atoms with E-state index in [1.807, 2.05) is 6.92 Å². The summed E-state index contributed by atoms with van der Waals surface area (Å²) in [4.78, 5) is 10.9. The van der Waals surface area contributed by atoms with E-state index >= 15 is 0 Å². The molecule has 0 amide bonds. The molecule has 68 valence electrons. The molecule has 0 N–H and O–H groups in total. The van der Waals surface area contributed by atoms with E-state index in [2.05, 4.69) is 6.92 Å². The van der Waals surface area contributed by atoms with Crippen molar-refractivity contribution in [1.82, 2.24) is 0 Å². The molecular weight excluding hydrogens is 148 g/mol. The van der Waals surface area contributed by atoms with E-state index in [0.29, 0.717) is 5.78 Å². The predicted molar refractivity (Wildman–Crippen MR) is 51.0 cm³/mol. The standard InChI is InChI=1S/C11H18O/c1-8(10(3)12)4-5-9(2)11-6-7-11/h8H,4-7H2,1-3H3. The molecule has 1 unspecified atom stereocenters. The Hall–Kier alpha value is -0.590. The molecule has 1 fully saturated rings. The third kappa shape index (κ3) is 2.80. The van der Waals surface area contributed by atoms with Gasteiger partial charge in [0, 0.05) is 5.92 Å². The second-order valence-electron chi connectivity index (χ2n) is 3.93.